The van der Waals surface area contributed by atoms with Crippen LogP contribution in [0.3, 0.4) is 0 Å². The van der Waals surface area contributed by atoms with Crippen molar-refractivity contribution in [1.29, 1.82) is 0 Å². The van der Waals surface area contributed by atoms with E-state index in [1.165, 1.54) is 0 Å². The molecule has 0 atom stereocenters. The van der Waals surface area contributed by atoms with E-state index in [1.807, 2.05) is 24.3 Å². The van der Waals surface area contributed by atoms with Gasteiger partial charge in [0.2, 0.25) is 0 Å². The lowest BCUT2D eigenvalue weighted by atomic mass is 10.2. The molecule has 0 bridgehead atoms. The lowest BCUT2D eigenvalue weighted by Gasteiger charge is -2.03. The van der Waals surface area contributed by atoms with Gasteiger partial charge in [0.1, 0.15) is 0 Å². The Morgan fingerprint density at radius 2 is 2.24 bits per heavy atom. The third-order valence-corrected chi connectivity index (χ3v) is 3.71. The second-order valence-electron chi connectivity index (χ2n) is 4.44. The summed E-state index contributed by atoms with van der Waals surface area (Å²) in [5.41, 5.74) is 3.39. The summed E-state index contributed by atoms with van der Waals surface area (Å²) in [6, 6.07) is 8.05. The van der Waals surface area contributed by atoms with Gasteiger partial charge in [-0.25, -0.2) is 4.68 Å². The molecule has 1 aliphatic rings. The number of aromatic amines is 1. The van der Waals surface area contributed by atoms with Crippen LogP contribution in [0.15, 0.2) is 33.5 Å². The number of nitrogens with zero attached hydrogens (tertiary/aromatic N) is 1. The molecular weight excluding hydrogens is 280 g/mol. The number of aromatic nitrogens is 2. The van der Waals surface area contributed by atoms with Crippen LogP contribution in [0.4, 0.5) is 0 Å². The molecule has 1 heterocycles. The normalized spacial score (nSPS) is 13.9. The summed E-state index contributed by atoms with van der Waals surface area (Å²) in [7, 11) is 0. The van der Waals surface area contributed by atoms with Crippen molar-refractivity contribution in [2.75, 3.05) is 0 Å². The number of rotatable bonds is 2. The maximum absolute atomic E-state index is 12.1. The first-order chi connectivity index (χ1) is 8.24. The monoisotopic (exact) mass is 292 g/mol. The minimum atomic E-state index is 0.150. The predicted octanol–water partition coefficient (Wildman–Crippen LogP) is 2.48. The predicted molar refractivity (Wildman–Crippen MR) is 70.3 cm³/mol. The van der Waals surface area contributed by atoms with E-state index in [1.54, 1.807) is 4.68 Å². The van der Waals surface area contributed by atoms with Crippen LogP contribution in [-0.2, 0) is 19.4 Å². The number of hydrogen-bond donors (Lipinski definition) is 1. The molecule has 4 heteroatoms. The Hall–Kier alpha value is -1.29. The van der Waals surface area contributed by atoms with E-state index < -0.39 is 0 Å². The fraction of sp³-hybridized carbons (Fsp3) is 0.308. The molecule has 3 rings (SSSR count). The van der Waals surface area contributed by atoms with E-state index in [4.69, 9.17) is 0 Å². The zero-order valence-corrected chi connectivity index (χ0v) is 11.0. The smallest absolute Gasteiger partial charge is 0.270 e. The zero-order valence-electron chi connectivity index (χ0n) is 9.37. The van der Waals surface area contributed by atoms with Gasteiger partial charge >= 0.3 is 0 Å². The van der Waals surface area contributed by atoms with Crippen LogP contribution in [0.2, 0.25) is 0 Å². The first-order valence-electron chi connectivity index (χ1n) is 5.79. The molecule has 0 fully saturated rings. The molecule has 1 aliphatic carbocycles. The molecule has 0 aliphatic heterocycles. The van der Waals surface area contributed by atoms with E-state index >= 15 is 0 Å². The molecule has 3 nitrogen and oxygen atoms in total. The van der Waals surface area contributed by atoms with E-state index in [2.05, 4.69) is 21.0 Å². The van der Waals surface area contributed by atoms with Crippen molar-refractivity contribution in [2.24, 2.45) is 0 Å². The summed E-state index contributed by atoms with van der Waals surface area (Å²) >= 11 is 3.44. The minimum absolute atomic E-state index is 0.150. The minimum Gasteiger partial charge on any atom is -0.299 e. The van der Waals surface area contributed by atoms with Crippen molar-refractivity contribution in [3.8, 4) is 0 Å². The molecule has 17 heavy (non-hydrogen) atoms. The van der Waals surface area contributed by atoms with Gasteiger partial charge in [0.05, 0.1) is 6.54 Å². The Bertz CT molecular complexity index is 612. The van der Waals surface area contributed by atoms with E-state index in [-0.39, 0.29) is 5.56 Å². The fourth-order valence-corrected chi connectivity index (χ4v) is 2.86. The van der Waals surface area contributed by atoms with Gasteiger partial charge in [-0.15, -0.1) is 0 Å². The van der Waals surface area contributed by atoms with Crippen LogP contribution in [-0.4, -0.2) is 9.78 Å². The highest BCUT2D eigenvalue weighted by Crippen LogP contribution is 2.17. The second-order valence-corrected chi connectivity index (χ2v) is 5.36. The quantitative estimate of drug-likeness (QED) is 0.907. The van der Waals surface area contributed by atoms with E-state index in [0.717, 1.165) is 40.6 Å². The molecule has 2 aromatic rings. The lowest BCUT2D eigenvalue weighted by molar-refractivity contribution is 0.641. The van der Waals surface area contributed by atoms with Crippen molar-refractivity contribution in [2.45, 2.75) is 25.8 Å². The van der Waals surface area contributed by atoms with Gasteiger partial charge in [-0.2, -0.15) is 0 Å². The van der Waals surface area contributed by atoms with Gasteiger partial charge in [0.25, 0.3) is 5.56 Å². The molecule has 0 amide bonds. The van der Waals surface area contributed by atoms with Gasteiger partial charge in [0.15, 0.2) is 0 Å². The van der Waals surface area contributed by atoms with Gasteiger partial charge in [-0.1, -0.05) is 28.1 Å². The van der Waals surface area contributed by atoms with Gasteiger partial charge in [0, 0.05) is 15.7 Å². The topological polar surface area (TPSA) is 37.8 Å². The highest BCUT2D eigenvalue weighted by atomic mass is 79.9. The first-order valence-corrected chi connectivity index (χ1v) is 6.58. The molecule has 1 N–H and O–H groups in total. The number of aryl methyl sites for hydroxylation is 1. The maximum Gasteiger partial charge on any atom is 0.270 e. The van der Waals surface area contributed by atoms with Crippen LogP contribution in [0.1, 0.15) is 23.2 Å². The highest BCUT2D eigenvalue weighted by molar-refractivity contribution is 9.10. The fourth-order valence-electron chi connectivity index (χ4n) is 2.41. The number of nitrogens with one attached hydrogen (secondary N) is 1. The summed E-state index contributed by atoms with van der Waals surface area (Å²) in [5, 5.41) is 3.22. The molecule has 1 aromatic carbocycles. The summed E-state index contributed by atoms with van der Waals surface area (Å²) in [5.74, 6) is 0. The number of fused-ring (bicyclic) bond motifs is 1. The average Bonchev–Trinajstić information content (AvgIpc) is 2.84. The third kappa shape index (κ3) is 1.97. The standard InChI is InChI=1S/C13H13BrN2O/c14-10-4-1-3-9(7-10)8-16-13(17)11-5-2-6-12(11)15-16/h1,3-4,7,15H,2,5-6,8H2. The Balaban J connectivity index is 1.94. The van der Waals surface area contributed by atoms with Crippen molar-refractivity contribution >= 4 is 15.9 Å². The molecule has 0 unspecified atom stereocenters. The Kier molecular flexibility index (Phi) is 2.67. The molecule has 0 spiro atoms. The van der Waals surface area contributed by atoms with E-state index in [0.29, 0.717) is 6.54 Å². The van der Waals surface area contributed by atoms with Crippen LogP contribution < -0.4 is 5.56 Å². The summed E-state index contributed by atoms with van der Waals surface area (Å²) in [6.07, 6.45) is 3.04. The maximum atomic E-state index is 12.1. The van der Waals surface area contributed by atoms with Crippen LogP contribution in [0.25, 0.3) is 0 Å². The first kappa shape index (κ1) is 10.8. The van der Waals surface area contributed by atoms with Gasteiger partial charge in [-0.3, -0.25) is 9.89 Å². The highest BCUT2D eigenvalue weighted by Gasteiger charge is 2.18. The number of halogens is 1. The SMILES string of the molecule is O=c1c2c([nH]n1Cc1cccc(Br)c1)CCC2. The average molecular weight is 293 g/mol. The Morgan fingerprint density at radius 3 is 3.00 bits per heavy atom. The number of benzene rings is 1. The van der Waals surface area contributed by atoms with Crippen LogP contribution in [0, 0.1) is 0 Å². The molecule has 0 saturated heterocycles. The molecule has 0 radical (unpaired) electrons. The molecular formula is C13H13BrN2O. The summed E-state index contributed by atoms with van der Waals surface area (Å²) < 4.78 is 2.76. The summed E-state index contributed by atoms with van der Waals surface area (Å²) in [6.45, 7) is 0.616. The lowest BCUT2D eigenvalue weighted by Crippen LogP contribution is -2.19. The van der Waals surface area contributed by atoms with Gasteiger partial charge in [-0.05, 0) is 37.0 Å². The van der Waals surface area contributed by atoms with Crippen LogP contribution in [0.5, 0.6) is 0 Å². The second kappa shape index (κ2) is 4.18. The zero-order chi connectivity index (χ0) is 11.8. The molecule has 0 saturated carbocycles. The number of hydrogen-bond acceptors (Lipinski definition) is 1. The van der Waals surface area contributed by atoms with Gasteiger partial charge < -0.3 is 0 Å². The third-order valence-electron chi connectivity index (χ3n) is 3.22. The van der Waals surface area contributed by atoms with Crippen LogP contribution >= 0.6 is 15.9 Å². The molecule has 88 valence electrons. The Labute approximate surface area is 108 Å². The number of H-pyrrole nitrogens is 1. The van der Waals surface area contributed by atoms with Crippen molar-refractivity contribution in [3.63, 3.8) is 0 Å². The largest absolute Gasteiger partial charge is 0.299 e. The molecule has 1 aromatic heterocycles. The van der Waals surface area contributed by atoms with E-state index in [9.17, 15) is 4.79 Å². The Morgan fingerprint density at radius 1 is 1.35 bits per heavy atom. The van der Waals surface area contributed by atoms with Crippen molar-refractivity contribution in [1.82, 2.24) is 9.78 Å². The van der Waals surface area contributed by atoms with Crippen molar-refractivity contribution in [3.05, 3.63) is 55.9 Å². The van der Waals surface area contributed by atoms with Crippen molar-refractivity contribution < 1.29 is 0 Å². The summed E-state index contributed by atoms with van der Waals surface area (Å²) in [4.78, 5) is 12.1.